The first-order chi connectivity index (χ1) is 5.96. The van der Waals surface area contributed by atoms with Crippen LogP contribution in [-0.2, 0) is 14.3 Å². The lowest BCUT2D eigenvalue weighted by atomic mass is 9.87. The van der Waals surface area contributed by atoms with E-state index < -0.39 is 11.4 Å². The Bertz CT molecular complexity index is 194. The fraction of sp³-hybridized carbons (Fsp3) is 0.800. The molecule has 0 spiro atoms. The lowest BCUT2D eigenvalue weighted by Crippen LogP contribution is -2.34. The van der Waals surface area contributed by atoms with Gasteiger partial charge < -0.3 is 4.74 Å². The van der Waals surface area contributed by atoms with E-state index in [1.165, 1.54) is 0 Å². The Kier molecular flexibility index (Phi) is 4.67. The average Bonchev–Trinajstić information content (AvgIpc) is 2.12. The second-order valence-corrected chi connectivity index (χ2v) is 3.54. The highest BCUT2D eigenvalue weighted by molar-refractivity contribution is 6.02. The maximum absolute atomic E-state index is 11.4. The number of esters is 1. The molecule has 0 fully saturated rings. The third kappa shape index (κ3) is 3.17. The van der Waals surface area contributed by atoms with Crippen LogP contribution in [0.15, 0.2) is 0 Å². The monoisotopic (exact) mass is 186 g/mol. The summed E-state index contributed by atoms with van der Waals surface area (Å²) in [5.74, 6) is -0.491. The van der Waals surface area contributed by atoms with Crippen LogP contribution in [0.2, 0.25) is 0 Å². The van der Waals surface area contributed by atoms with E-state index in [0.29, 0.717) is 13.0 Å². The number of carbonyl (C=O) groups excluding carboxylic acids is 2. The predicted molar refractivity (Wildman–Crippen MR) is 50.3 cm³/mol. The van der Waals surface area contributed by atoms with E-state index in [0.717, 1.165) is 6.42 Å². The van der Waals surface area contributed by atoms with Gasteiger partial charge in [0.1, 0.15) is 11.2 Å². The van der Waals surface area contributed by atoms with E-state index >= 15 is 0 Å². The van der Waals surface area contributed by atoms with Crippen molar-refractivity contribution in [2.24, 2.45) is 5.41 Å². The van der Waals surface area contributed by atoms with Crippen molar-refractivity contribution in [3.63, 3.8) is 0 Å². The molecule has 0 radical (unpaired) electrons. The zero-order chi connectivity index (χ0) is 10.5. The van der Waals surface area contributed by atoms with Gasteiger partial charge in [0, 0.05) is 6.42 Å². The highest BCUT2D eigenvalue weighted by Crippen LogP contribution is 2.20. The van der Waals surface area contributed by atoms with Crippen molar-refractivity contribution in [2.45, 2.75) is 40.5 Å². The summed E-state index contributed by atoms with van der Waals surface area (Å²) in [7, 11) is 0. The van der Waals surface area contributed by atoms with Crippen LogP contribution in [0.5, 0.6) is 0 Å². The molecule has 0 aromatic heterocycles. The SMILES string of the molecule is CCCOC(=O)C(C)(C)C(=O)CC. The Balaban J connectivity index is 4.27. The van der Waals surface area contributed by atoms with Crippen LogP contribution >= 0.6 is 0 Å². The summed E-state index contributed by atoms with van der Waals surface area (Å²) in [5.41, 5.74) is -0.982. The van der Waals surface area contributed by atoms with Gasteiger partial charge in [0.05, 0.1) is 6.61 Å². The zero-order valence-electron chi connectivity index (χ0n) is 8.85. The van der Waals surface area contributed by atoms with E-state index in [-0.39, 0.29) is 5.78 Å². The molecule has 0 unspecified atom stereocenters. The van der Waals surface area contributed by atoms with Crippen molar-refractivity contribution >= 4 is 11.8 Å². The van der Waals surface area contributed by atoms with Gasteiger partial charge in [0.15, 0.2) is 0 Å². The number of rotatable bonds is 5. The molecule has 0 atom stereocenters. The summed E-state index contributed by atoms with van der Waals surface area (Å²) in [5, 5.41) is 0. The minimum absolute atomic E-state index is 0.0754. The van der Waals surface area contributed by atoms with Crippen molar-refractivity contribution in [3.05, 3.63) is 0 Å². The molecular formula is C10H18O3. The first kappa shape index (κ1) is 12.1. The maximum Gasteiger partial charge on any atom is 0.319 e. The predicted octanol–water partition coefficient (Wildman–Crippen LogP) is 1.94. The van der Waals surface area contributed by atoms with E-state index in [4.69, 9.17) is 4.74 Å². The standard InChI is InChI=1S/C10H18O3/c1-5-7-13-9(12)10(3,4)8(11)6-2/h5-7H2,1-4H3. The summed E-state index contributed by atoms with van der Waals surface area (Å²) in [6, 6.07) is 0. The summed E-state index contributed by atoms with van der Waals surface area (Å²) < 4.78 is 4.92. The molecule has 0 saturated heterocycles. The minimum Gasteiger partial charge on any atom is -0.465 e. The first-order valence-corrected chi connectivity index (χ1v) is 4.67. The Hall–Kier alpha value is -0.860. The smallest absolute Gasteiger partial charge is 0.319 e. The van der Waals surface area contributed by atoms with Gasteiger partial charge in [-0.25, -0.2) is 0 Å². The third-order valence-electron chi connectivity index (χ3n) is 1.97. The van der Waals surface area contributed by atoms with E-state index in [1.807, 2.05) is 6.92 Å². The second kappa shape index (κ2) is 5.00. The Morgan fingerprint density at radius 2 is 1.77 bits per heavy atom. The largest absolute Gasteiger partial charge is 0.465 e. The van der Waals surface area contributed by atoms with Crippen molar-refractivity contribution in [1.29, 1.82) is 0 Å². The molecule has 0 N–H and O–H groups in total. The van der Waals surface area contributed by atoms with Crippen molar-refractivity contribution in [3.8, 4) is 0 Å². The van der Waals surface area contributed by atoms with Crippen LogP contribution in [0.25, 0.3) is 0 Å². The van der Waals surface area contributed by atoms with E-state index in [2.05, 4.69) is 0 Å². The summed E-state index contributed by atoms with van der Waals surface area (Å²) >= 11 is 0. The normalized spacial score (nSPS) is 11.1. The molecule has 13 heavy (non-hydrogen) atoms. The van der Waals surface area contributed by atoms with Crippen LogP contribution < -0.4 is 0 Å². The van der Waals surface area contributed by atoms with Crippen molar-refractivity contribution in [2.75, 3.05) is 6.61 Å². The summed E-state index contributed by atoms with van der Waals surface area (Å²) in [6.07, 6.45) is 1.15. The lowest BCUT2D eigenvalue weighted by Gasteiger charge is -2.19. The fourth-order valence-corrected chi connectivity index (χ4v) is 0.931. The molecule has 0 heterocycles. The van der Waals surface area contributed by atoms with Gasteiger partial charge in [-0.3, -0.25) is 9.59 Å². The molecule has 0 aromatic carbocycles. The molecule has 0 aliphatic carbocycles. The number of ketones is 1. The Labute approximate surface area is 79.5 Å². The number of ether oxygens (including phenoxy) is 1. The highest BCUT2D eigenvalue weighted by atomic mass is 16.5. The molecule has 3 heteroatoms. The minimum atomic E-state index is -0.982. The molecular weight excluding hydrogens is 168 g/mol. The van der Waals surface area contributed by atoms with Gasteiger partial charge in [0.2, 0.25) is 0 Å². The van der Waals surface area contributed by atoms with Gasteiger partial charge >= 0.3 is 5.97 Å². The van der Waals surface area contributed by atoms with E-state index in [1.54, 1.807) is 20.8 Å². The topological polar surface area (TPSA) is 43.4 Å². The van der Waals surface area contributed by atoms with Crippen LogP contribution in [-0.4, -0.2) is 18.4 Å². The number of hydrogen-bond donors (Lipinski definition) is 0. The second-order valence-electron chi connectivity index (χ2n) is 3.54. The third-order valence-corrected chi connectivity index (χ3v) is 1.97. The van der Waals surface area contributed by atoms with E-state index in [9.17, 15) is 9.59 Å². The van der Waals surface area contributed by atoms with Crippen LogP contribution in [0.1, 0.15) is 40.5 Å². The van der Waals surface area contributed by atoms with Crippen molar-refractivity contribution < 1.29 is 14.3 Å². The Morgan fingerprint density at radius 1 is 1.23 bits per heavy atom. The molecule has 3 nitrogen and oxygen atoms in total. The fourth-order valence-electron chi connectivity index (χ4n) is 0.931. The summed E-state index contributed by atoms with van der Waals surface area (Å²) in [4.78, 5) is 22.7. The molecule has 0 saturated carbocycles. The molecule has 0 aromatic rings. The van der Waals surface area contributed by atoms with Gasteiger partial charge in [-0.1, -0.05) is 13.8 Å². The van der Waals surface area contributed by atoms with Gasteiger partial charge in [-0.05, 0) is 20.3 Å². The molecule has 0 amide bonds. The van der Waals surface area contributed by atoms with Crippen molar-refractivity contribution in [1.82, 2.24) is 0 Å². The first-order valence-electron chi connectivity index (χ1n) is 4.67. The van der Waals surface area contributed by atoms with Gasteiger partial charge in [0.25, 0.3) is 0 Å². The summed E-state index contributed by atoms with van der Waals surface area (Å²) in [6.45, 7) is 7.27. The number of carbonyl (C=O) groups is 2. The van der Waals surface area contributed by atoms with Crippen LogP contribution in [0, 0.1) is 5.41 Å². The lowest BCUT2D eigenvalue weighted by molar-refractivity contribution is -0.158. The van der Waals surface area contributed by atoms with Crippen LogP contribution in [0.4, 0.5) is 0 Å². The number of Topliss-reactive ketones (excluding diaryl/α,β-unsaturated/α-hetero) is 1. The van der Waals surface area contributed by atoms with Gasteiger partial charge in [-0.2, -0.15) is 0 Å². The maximum atomic E-state index is 11.4. The zero-order valence-corrected chi connectivity index (χ0v) is 8.85. The molecule has 76 valence electrons. The molecule has 0 rings (SSSR count). The molecule has 0 aliphatic rings. The molecule has 0 aliphatic heterocycles. The Morgan fingerprint density at radius 3 is 2.15 bits per heavy atom. The molecule has 0 bridgehead atoms. The highest BCUT2D eigenvalue weighted by Gasteiger charge is 2.35. The van der Waals surface area contributed by atoms with Gasteiger partial charge in [-0.15, -0.1) is 0 Å². The number of hydrogen-bond acceptors (Lipinski definition) is 3. The van der Waals surface area contributed by atoms with Crippen LogP contribution in [0.3, 0.4) is 0 Å². The quantitative estimate of drug-likeness (QED) is 0.487. The average molecular weight is 186 g/mol.